The molecule has 4 nitrogen and oxygen atoms in total. The maximum Gasteiger partial charge on any atom is 0.253 e. The number of hydrogen-bond acceptors (Lipinski definition) is 3. The van der Waals surface area contributed by atoms with Gasteiger partial charge < -0.3 is 4.90 Å². The summed E-state index contributed by atoms with van der Waals surface area (Å²) in [5, 5.41) is 0. The van der Waals surface area contributed by atoms with E-state index in [0.29, 0.717) is 24.2 Å². The Morgan fingerprint density at radius 2 is 1.70 bits per heavy atom. The van der Waals surface area contributed by atoms with Gasteiger partial charge in [0, 0.05) is 25.1 Å². The van der Waals surface area contributed by atoms with Crippen molar-refractivity contribution in [2.24, 2.45) is 5.92 Å². The van der Waals surface area contributed by atoms with E-state index in [4.69, 9.17) is 0 Å². The van der Waals surface area contributed by atoms with Gasteiger partial charge in [0.15, 0.2) is 11.6 Å². The van der Waals surface area contributed by atoms with Crippen LogP contribution in [0, 0.1) is 26.7 Å². The first kappa shape index (κ1) is 20.3. The second kappa shape index (κ2) is 8.02. The summed E-state index contributed by atoms with van der Waals surface area (Å²) in [6.07, 6.45) is 2.97. The van der Waals surface area contributed by atoms with Crippen molar-refractivity contribution in [2.75, 3.05) is 13.1 Å². The number of hydrogen-bond donors (Lipinski definition) is 0. The standard InChI is InChI=1S/C26H27NO3/c1-16-11-17(2)23(18(3)12-16)24-22(28)14-21(25(24)29)13-19-9-10-27(15-19)26(30)20-7-5-4-6-8-20/h4-8,11-13,19,24H,9-10,14-15H2,1-3H3. The zero-order valence-corrected chi connectivity index (χ0v) is 17.8. The van der Waals surface area contributed by atoms with E-state index < -0.39 is 5.92 Å². The van der Waals surface area contributed by atoms with E-state index in [2.05, 4.69) is 0 Å². The number of benzene rings is 2. The molecule has 0 N–H and O–H groups in total. The van der Waals surface area contributed by atoms with Gasteiger partial charge in [-0.15, -0.1) is 0 Å². The van der Waals surface area contributed by atoms with Crippen LogP contribution in [0.5, 0.6) is 0 Å². The van der Waals surface area contributed by atoms with Crippen molar-refractivity contribution in [3.63, 3.8) is 0 Å². The van der Waals surface area contributed by atoms with E-state index in [1.54, 1.807) is 0 Å². The van der Waals surface area contributed by atoms with Crippen molar-refractivity contribution in [3.8, 4) is 0 Å². The Hall–Kier alpha value is -3.01. The van der Waals surface area contributed by atoms with Crippen LogP contribution >= 0.6 is 0 Å². The fourth-order valence-corrected chi connectivity index (χ4v) is 4.94. The van der Waals surface area contributed by atoms with Gasteiger partial charge in [0.05, 0.1) is 0 Å². The maximum atomic E-state index is 13.2. The molecule has 30 heavy (non-hydrogen) atoms. The lowest BCUT2D eigenvalue weighted by Gasteiger charge is -2.16. The first-order chi connectivity index (χ1) is 14.3. The highest BCUT2D eigenvalue weighted by Gasteiger charge is 2.40. The molecule has 0 spiro atoms. The Morgan fingerprint density at radius 1 is 1.03 bits per heavy atom. The fourth-order valence-electron chi connectivity index (χ4n) is 4.94. The molecule has 1 saturated carbocycles. The lowest BCUT2D eigenvalue weighted by atomic mass is 9.87. The molecule has 2 aromatic rings. The van der Waals surface area contributed by atoms with Crippen LogP contribution in [0.1, 0.15) is 51.4 Å². The van der Waals surface area contributed by atoms with Gasteiger partial charge in [-0.3, -0.25) is 14.4 Å². The summed E-state index contributed by atoms with van der Waals surface area (Å²) in [4.78, 5) is 40.5. The molecule has 4 rings (SSSR count). The first-order valence-electron chi connectivity index (χ1n) is 10.5. The number of likely N-dealkylation sites (tertiary alicyclic amines) is 1. The third kappa shape index (κ3) is 3.74. The van der Waals surface area contributed by atoms with Gasteiger partial charge in [-0.2, -0.15) is 0 Å². The maximum absolute atomic E-state index is 13.2. The molecule has 0 radical (unpaired) electrons. The summed E-state index contributed by atoms with van der Waals surface area (Å²) >= 11 is 0. The minimum Gasteiger partial charge on any atom is -0.338 e. The molecule has 1 aliphatic heterocycles. The van der Waals surface area contributed by atoms with Crippen molar-refractivity contribution in [1.29, 1.82) is 0 Å². The number of carbonyl (C=O) groups is 3. The number of Topliss-reactive ketones (excluding diaryl/α,β-unsaturated/α-hetero) is 2. The Balaban J connectivity index is 1.51. The Morgan fingerprint density at radius 3 is 2.37 bits per heavy atom. The zero-order chi connectivity index (χ0) is 21.4. The van der Waals surface area contributed by atoms with Crippen molar-refractivity contribution < 1.29 is 14.4 Å². The van der Waals surface area contributed by atoms with Gasteiger partial charge in [-0.1, -0.05) is 42.0 Å². The number of carbonyl (C=O) groups excluding carboxylic acids is 3. The zero-order valence-electron chi connectivity index (χ0n) is 17.8. The van der Waals surface area contributed by atoms with Gasteiger partial charge in [-0.05, 0) is 67.5 Å². The molecule has 0 bridgehead atoms. The lowest BCUT2D eigenvalue weighted by molar-refractivity contribution is -0.123. The predicted octanol–water partition coefficient (Wildman–Crippen LogP) is 4.33. The summed E-state index contributed by atoms with van der Waals surface area (Å²) in [5.74, 6) is -0.628. The quantitative estimate of drug-likeness (QED) is 0.568. The molecule has 1 amide bonds. The molecule has 2 aliphatic rings. The van der Waals surface area contributed by atoms with Gasteiger partial charge in [0.2, 0.25) is 0 Å². The number of allylic oxidation sites excluding steroid dienone is 1. The van der Waals surface area contributed by atoms with Crippen LogP contribution in [0.25, 0.3) is 0 Å². The third-order valence-corrected chi connectivity index (χ3v) is 6.26. The average Bonchev–Trinajstić information content (AvgIpc) is 3.27. The van der Waals surface area contributed by atoms with E-state index in [9.17, 15) is 14.4 Å². The topological polar surface area (TPSA) is 54.5 Å². The van der Waals surface area contributed by atoms with Crippen molar-refractivity contribution in [1.82, 2.24) is 4.90 Å². The summed E-state index contributed by atoms with van der Waals surface area (Å²) < 4.78 is 0. The monoisotopic (exact) mass is 401 g/mol. The molecule has 2 fully saturated rings. The van der Waals surface area contributed by atoms with Gasteiger partial charge in [0.25, 0.3) is 5.91 Å². The fraction of sp³-hybridized carbons (Fsp3) is 0.346. The van der Waals surface area contributed by atoms with E-state index in [-0.39, 0.29) is 29.8 Å². The van der Waals surface area contributed by atoms with E-state index >= 15 is 0 Å². The molecular weight excluding hydrogens is 374 g/mol. The van der Waals surface area contributed by atoms with E-state index in [1.807, 2.05) is 74.2 Å². The molecule has 0 aromatic heterocycles. The summed E-state index contributed by atoms with van der Waals surface area (Å²) in [7, 11) is 0. The van der Waals surface area contributed by atoms with Crippen molar-refractivity contribution >= 4 is 17.5 Å². The summed E-state index contributed by atoms with van der Waals surface area (Å²) in [6, 6.07) is 13.3. The normalized spacial score (nSPS) is 22.9. The molecule has 1 heterocycles. The minimum atomic E-state index is -0.680. The molecule has 2 atom stereocenters. The number of aryl methyl sites for hydroxylation is 3. The smallest absolute Gasteiger partial charge is 0.253 e. The highest BCUT2D eigenvalue weighted by atomic mass is 16.2. The van der Waals surface area contributed by atoms with Crippen LogP contribution in [-0.2, 0) is 9.59 Å². The van der Waals surface area contributed by atoms with Crippen LogP contribution in [0.2, 0.25) is 0 Å². The molecule has 2 unspecified atom stereocenters. The van der Waals surface area contributed by atoms with Gasteiger partial charge in [-0.25, -0.2) is 0 Å². The molecular formula is C26H27NO3. The Kier molecular flexibility index (Phi) is 5.42. The molecule has 1 aliphatic carbocycles. The van der Waals surface area contributed by atoms with Crippen molar-refractivity contribution in [3.05, 3.63) is 81.9 Å². The van der Waals surface area contributed by atoms with Crippen molar-refractivity contribution in [2.45, 2.75) is 39.5 Å². The van der Waals surface area contributed by atoms with Crippen LogP contribution in [0.4, 0.5) is 0 Å². The molecule has 2 aromatic carbocycles. The minimum absolute atomic E-state index is 0.0171. The summed E-state index contributed by atoms with van der Waals surface area (Å²) in [5.41, 5.74) is 5.30. The molecule has 154 valence electrons. The second-order valence-corrected chi connectivity index (χ2v) is 8.61. The highest BCUT2D eigenvalue weighted by molar-refractivity contribution is 6.23. The Bertz CT molecular complexity index is 1030. The van der Waals surface area contributed by atoms with Gasteiger partial charge >= 0.3 is 0 Å². The number of amides is 1. The molecule has 4 heteroatoms. The van der Waals surface area contributed by atoms with E-state index in [0.717, 1.165) is 28.7 Å². The number of rotatable bonds is 3. The third-order valence-electron chi connectivity index (χ3n) is 6.26. The largest absolute Gasteiger partial charge is 0.338 e. The molecule has 1 saturated heterocycles. The number of ketones is 2. The second-order valence-electron chi connectivity index (χ2n) is 8.61. The highest BCUT2D eigenvalue weighted by Crippen LogP contribution is 2.37. The van der Waals surface area contributed by atoms with Crippen LogP contribution in [0.3, 0.4) is 0 Å². The average molecular weight is 402 g/mol. The van der Waals surface area contributed by atoms with Gasteiger partial charge in [0.1, 0.15) is 5.92 Å². The lowest BCUT2D eigenvalue weighted by Crippen LogP contribution is -2.28. The van der Waals surface area contributed by atoms with Crippen LogP contribution in [0.15, 0.2) is 54.1 Å². The predicted molar refractivity (Wildman–Crippen MR) is 117 cm³/mol. The number of nitrogens with zero attached hydrogens (tertiary/aromatic N) is 1. The summed E-state index contributed by atoms with van der Waals surface area (Å²) in [6.45, 7) is 7.23. The van der Waals surface area contributed by atoms with Crippen LogP contribution < -0.4 is 0 Å². The van der Waals surface area contributed by atoms with Crippen LogP contribution in [-0.4, -0.2) is 35.5 Å². The first-order valence-corrected chi connectivity index (χ1v) is 10.5. The Labute approximate surface area is 177 Å². The van der Waals surface area contributed by atoms with E-state index in [1.165, 1.54) is 0 Å². The SMILES string of the molecule is Cc1cc(C)c(C2C(=O)CC(=CC3CCN(C(=O)c4ccccc4)C3)C2=O)c(C)c1.